The first-order valence-electron chi connectivity index (χ1n) is 7.67. The van der Waals surface area contributed by atoms with Crippen LogP contribution in [-0.2, 0) is 10.1 Å². The number of hydrogen-bond donors (Lipinski definition) is 3. The molecule has 0 atom stereocenters. The lowest BCUT2D eigenvalue weighted by Gasteiger charge is -2.08. The zero-order valence-electron chi connectivity index (χ0n) is 14.0. The van der Waals surface area contributed by atoms with Gasteiger partial charge < -0.3 is 10.2 Å². The summed E-state index contributed by atoms with van der Waals surface area (Å²) in [7, 11) is -4.55. The summed E-state index contributed by atoms with van der Waals surface area (Å²) >= 11 is 0. The van der Waals surface area contributed by atoms with E-state index in [0.717, 1.165) is 0 Å². The van der Waals surface area contributed by atoms with E-state index in [4.69, 9.17) is 0 Å². The normalized spacial score (nSPS) is 11.9. The Labute approximate surface area is 154 Å². The Hall–Kier alpha value is -3.30. The fourth-order valence-corrected chi connectivity index (χ4v) is 3.59. The van der Waals surface area contributed by atoms with Crippen LogP contribution in [0.4, 0.5) is 11.4 Å². The molecule has 0 saturated heterocycles. The van der Waals surface area contributed by atoms with Crippen molar-refractivity contribution < 1.29 is 28.0 Å². The number of aromatic carboxylic acids is 1. The summed E-state index contributed by atoms with van der Waals surface area (Å²) < 4.78 is 32.7. The topological polar surface area (TPSA) is 137 Å². The quantitative estimate of drug-likeness (QED) is 0.454. The average Bonchev–Trinajstić information content (AvgIpc) is 2.59. The van der Waals surface area contributed by atoms with Gasteiger partial charge in [-0.25, -0.2) is 4.79 Å². The lowest BCUT2D eigenvalue weighted by atomic mass is 10.0. The molecule has 0 saturated carbocycles. The molecule has 0 aliphatic heterocycles. The zero-order valence-corrected chi connectivity index (χ0v) is 14.8. The van der Waals surface area contributed by atoms with Crippen LogP contribution < -0.4 is 0 Å². The number of fused-ring (bicyclic) bond motifs is 1. The maximum atomic E-state index is 11.6. The molecule has 0 unspecified atom stereocenters. The van der Waals surface area contributed by atoms with E-state index in [9.17, 15) is 28.0 Å². The third kappa shape index (κ3) is 3.50. The molecule has 3 N–H and O–H groups in total. The number of hydrogen-bond acceptors (Lipinski definition) is 6. The van der Waals surface area contributed by atoms with Crippen LogP contribution in [0.5, 0.6) is 5.75 Å². The Morgan fingerprint density at radius 3 is 2.41 bits per heavy atom. The van der Waals surface area contributed by atoms with Gasteiger partial charge in [0.15, 0.2) is 5.75 Å². The Balaban J connectivity index is 2.26. The van der Waals surface area contributed by atoms with E-state index < -0.39 is 26.7 Å². The van der Waals surface area contributed by atoms with E-state index >= 15 is 0 Å². The van der Waals surface area contributed by atoms with Gasteiger partial charge in [0.05, 0.1) is 0 Å². The molecule has 27 heavy (non-hydrogen) atoms. The Kier molecular flexibility index (Phi) is 4.64. The molecule has 3 aromatic rings. The minimum absolute atomic E-state index is 0.117. The molecule has 0 amide bonds. The molecule has 0 aliphatic carbocycles. The number of aromatic hydroxyl groups is 1. The van der Waals surface area contributed by atoms with Gasteiger partial charge in [-0.05, 0) is 30.0 Å². The van der Waals surface area contributed by atoms with Crippen molar-refractivity contribution >= 4 is 38.2 Å². The summed E-state index contributed by atoms with van der Waals surface area (Å²) in [5.41, 5.74) is -0.348. The highest BCUT2D eigenvalue weighted by Crippen LogP contribution is 2.40. The van der Waals surface area contributed by atoms with Crippen LogP contribution in [-0.4, -0.2) is 29.2 Å². The average molecular weight is 386 g/mol. The van der Waals surface area contributed by atoms with Gasteiger partial charge in [-0.1, -0.05) is 36.4 Å². The molecule has 138 valence electrons. The predicted molar refractivity (Wildman–Crippen MR) is 97.7 cm³/mol. The van der Waals surface area contributed by atoms with Gasteiger partial charge in [-0.3, -0.25) is 4.55 Å². The van der Waals surface area contributed by atoms with E-state index in [1.165, 1.54) is 31.2 Å². The van der Waals surface area contributed by atoms with Gasteiger partial charge in [0.25, 0.3) is 10.1 Å². The molecule has 0 radical (unpaired) electrons. The maximum absolute atomic E-state index is 11.6. The highest BCUT2D eigenvalue weighted by Gasteiger charge is 2.20. The molecule has 0 heterocycles. The van der Waals surface area contributed by atoms with E-state index in [2.05, 4.69) is 10.2 Å². The number of carboxylic acids is 1. The van der Waals surface area contributed by atoms with Crippen molar-refractivity contribution in [3.05, 3.63) is 59.7 Å². The minimum Gasteiger partial charge on any atom is -0.505 e. The number of rotatable bonds is 4. The summed E-state index contributed by atoms with van der Waals surface area (Å²) in [4.78, 5) is 11.0. The standard InChI is InChI=1S/C18H14N2O6S/c1-10-5-4-8-14(17(10)27(24,25)26)19-20-15-12-7-3-2-6-11(12)9-13(16(15)21)18(22)23/h2-9,21H,1H3,(H,22,23)(H,24,25,26). The minimum atomic E-state index is -4.55. The first kappa shape index (κ1) is 18.5. The lowest BCUT2D eigenvalue weighted by molar-refractivity contribution is 0.0694. The first-order valence-corrected chi connectivity index (χ1v) is 9.11. The number of carboxylic acid groups (broad SMARTS) is 1. The summed E-state index contributed by atoms with van der Waals surface area (Å²) in [6.07, 6.45) is 0. The molecule has 0 bridgehead atoms. The molecule has 0 aliphatic rings. The van der Waals surface area contributed by atoms with Crippen molar-refractivity contribution in [1.82, 2.24) is 0 Å². The van der Waals surface area contributed by atoms with Gasteiger partial charge in [-0.15, -0.1) is 10.2 Å². The molecular formula is C18H14N2O6S. The molecule has 0 fully saturated rings. The fraction of sp³-hybridized carbons (Fsp3) is 0.0556. The predicted octanol–water partition coefficient (Wildman–Crippen LogP) is 4.21. The third-order valence-electron chi connectivity index (χ3n) is 3.93. The highest BCUT2D eigenvalue weighted by atomic mass is 32.2. The molecule has 8 nitrogen and oxygen atoms in total. The van der Waals surface area contributed by atoms with Crippen molar-refractivity contribution in [2.24, 2.45) is 10.2 Å². The summed E-state index contributed by atoms with van der Waals surface area (Å²) in [6.45, 7) is 1.49. The van der Waals surface area contributed by atoms with E-state index in [0.29, 0.717) is 10.8 Å². The Morgan fingerprint density at radius 1 is 1.04 bits per heavy atom. The van der Waals surface area contributed by atoms with Crippen LogP contribution in [0.1, 0.15) is 15.9 Å². The molecular weight excluding hydrogens is 372 g/mol. The van der Waals surface area contributed by atoms with Crippen molar-refractivity contribution in [1.29, 1.82) is 0 Å². The second kappa shape index (κ2) is 6.78. The number of phenols is 1. The highest BCUT2D eigenvalue weighted by molar-refractivity contribution is 7.86. The van der Waals surface area contributed by atoms with Crippen LogP contribution in [0.15, 0.2) is 63.7 Å². The van der Waals surface area contributed by atoms with E-state index in [1.54, 1.807) is 24.3 Å². The van der Waals surface area contributed by atoms with Crippen LogP contribution in [0.2, 0.25) is 0 Å². The van der Waals surface area contributed by atoms with Gasteiger partial charge in [-0.2, -0.15) is 8.42 Å². The molecule has 9 heteroatoms. The number of azo groups is 1. The van der Waals surface area contributed by atoms with Crippen LogP contribution in [0.25, 0.3) is 10.8 Å². The van der Waals surface area contributed by atoms with Crippen molar-refractivity contribution in [3.8, 4) is 5.75 Å². The van der Waals surface area contributed by atoms with Gasteiger partial charge in [0.1, 0.15) is 21.8 Å². The molecule has 3 rings (SSSR count). The fourth-order valence-electron chi connectivity index (χ4n) is 2.74. The van der Waals surface area contributed by atoms with Crippen LogP contribution in [0.3, 0.4) is 0 Å². The molecule has 0 spiro atoms. The number of aryl methyl sites for hydroxylation is 1. The summed E-state index contributed by atoms with van der Waals surface area (Å²) in [5.74, 6) is -1.94. The lowest BCUT2D eigenvalue weighted by Crippen LogP contribution is -2.01. The van der Waals surface area contributed by atoms with Crippen molar-refractivity contribution in [2.45, 2.75) is 11.8 Å². The third-order valence-corrected chi connectivity index (χ3v) is 4.98. The van der Waals surface area contributed by atoms with Crippen molar-refractivity contribution in [2.75, 3.05) is 0 Å². The van der Waals surface area contributed by atoms with Gasteiger partial charge >= 0.3 is 5.97 Å². The number of benzene rings is 3. The van der Waals surface area contributed by atoms with Crippen LogP contribution >= 0.6 is 0 Å². The number of nitrogens with zero attached hydrogens (tertiary/aromatic N) is 2. The first-order chi connectivity index (χ1) is 12.7. The Morgan fingerprint density at radius 2 is 1.74 bits per heavy atom. The van der Waals surface area contributed by atoms with Gasteiger partial charge in [0.2, 0.25) is 0 Å². The molecule has 0 aromatic heterocycles. The summed E-state index contributed by atoms with van der Waals surface area (Å²) in [6, 6.07) is 12.3. The molecule has 3 aromatic carbocycles. The number of carbonyl (C=O) groups is 1. The van der Waals surface area contributed by atoms with E-state index in [1.807, 2.05) is 0 Å². The smallest absolute Gasteiger partial charge is 0.339 e. The zero-order chi connectivity index (χ0) is 19.8. The monoisotopic (exact) mass is 386 g/mol. The van der Waals surface area contributed by atoms with Crippen LogP contribution in [0, 0.1) is 6.92 Å². The second-order valence-electron chi connectivity index (χ2n) is 5.75. The van der Waals surface area contributed by atoms with Gasteiger partial charge in [0, 0.05) is 5.39 Å². The second-order valence-corrected chi connectivity index (χ2v) is 7.10. The largest absolute Gasteiger partial charge is 0.505 e. The van der Waals surface area contributed by atoms with E-state index in [-0.39, 0.29) is 22.5 Å². The Bertz CT molecular complexity index is 1200. The maximum Gasteiger partial charge on any atom is 0.339 e. The summed E-state index contributed by atoms with van der Waals surface area (Å²) in [5, 5.41) is 28.3. The van der Waals surface area contributed by atoms with Crippen molar-refractivity contribution in [3.63, 3.8) is 0 Å². The SMILES string of the molecule is Cc1cccc(N=Nc2c(O)c(C(=O)O)cc3ccccc23)c1S(=O)(=O)O.